The van der Waals surface area contributed by atoms with Gasteiger partial charge in [-0.25, -0.2) is 4.79 Å². The summed E-state index contributed by atoms with van der Waals surface area (Å²) in [4.78, 5) is 52.5. The first kappa shape index (κ1) is 29.5. The van der Waals surface area contributed by atoms with Crippen LogP contribution in [0.5, 0.6) is 17.2 Å². The zero-order chi connectivity index (χ0) is 31.1. The summed E-state index contributed by atoms with van der Waals surface area (Å²) in [6.45, 7) is 3.84. The van der Waals surface area contributed by atoms with Crippen molar-refractivity contribution in [2.75, 3.05) is 20.3 Å². The molecule has 12 heteroatoms. The molecule has 1 aliphatic rings. The molecule has 0 radical (unpaired) electrons. The maximum atomic E-state index is 14.0. The molecule has 0 bridgehead atoms. The van der Waals surface area contributed by atoms with E-state index < -0.39 is 46.5 Å². The van der Waals surface area contributed by atoms with Crippen molar-refractivity contribution in [3.05, 3.63) is 98.4 Å². The Balaban J connectivity index is 1.44. The lowest BCUT2D eigenvalue weighted by atomic mass is 10.1. The van der Waals surface area contributed by atoms with Gasteiger partial charge in [0.05, 0.1) is 22.1 Å². The molecule has 3 aromatic carbocycles. The van der Waals surface area contributed by atoms with E-state index in [2.05, 4.69) is 0 Å². The molecule has 0 fully saturated rings. The summed E-state index contributed by atoms with van der Waals surface area (Å²) in [5, 5.41) is -0.233. The summed E-state index contributed by atoms with van der Waals surface area (Å²) < 4.78 is 62.8. The van der Waals surface area contributed by atoms with Crippen LogP contribution in [0, 0.1) is 13.8 Å². The number of carbonyl (C=O) groups excluding carboxylic acids is 3. The molecule has 0 atom stereocenters. The Morgan fingerprint density at radius 2 is 1.67 bits per heavy atom. The standard InChI is InChI=1S/C31H24F3NO8/c1-16-5-6-17(2)23(13-16)42-26-25(36)21-10-8-19(15-24(21)43-27(26)31(32,33)34)41-30(39)18-7-9-20-22(14-18)29(38)35(28(20)37)11-4-12-40-3/h5-10,13-15H,4,11-12H2,1-3H3. The first-order valence-electron chi connectivity index (χ1n) is 13.0. The van der Waals surface area contributed by atoms with Crippen molar-refractivity contribution in [1.29, 1.82) is 0 Å². The number of esters is 1. The molecular weight excluding hydrogens is 571 g/mol. The maximum Gasteiger partial charge on any atom is 0.453 e. The van der Waals surface area contributed by atoms with Gasteiger partial charge < -0.3 is 18.6 Å². The second-order valence-corrected chi connectivity index (χ2v) is 9.87. The van der Waals surface area contributed by atoms with E-state index >= 15 is 0 Å². The lowest BCUT2D eigenvalue weighted by molar-refractivity contribution is -0.154. The molecule has 0 saturated carbocycles. The summed E-state index contributed by atoms with van der Waals surface area (Å²) in [7, 11) is 1.50. The molecule has 0 N–H and O–H groups in total. The molecule has 222 valence electrons. The molecule has 0 spiro atoms. The number of aryl methyl sites for hydroxylation is 2. The van der Waals surface area contributed by atoms with E-state index in [1.54, 1.807) is 26.0 Å². The summed E-state index contributed by atoms with van der Waals surface area (Å²) in [5.74, 6) is -4.85. The highest BCUT2D eigenvalue weighted by Crippen LogP contribution is 2.39. The SMILES string of the molecule is COCCCN1C(=O)c2ccc(C(=O)Oc3ccc4c(=O)c(Oc5cc(C)ccc5C)c(C(F)(F)F)oc4c3)cc2C1=O. The topological polar surface area (TPSA) is 112 Å². The van der Waals surface area contributed by atoms with Gasteiger partial charge in [0, 0.05) is 26.3 Å². The Bertz CT molecular complexity index is 1840. The number of hydrogen-bond acceptors (Lipinski definition) is 8. The van der Waals surface area contributed by atoms with E-state index in [4.69, 9.17) is 18.6 Å². The van der Waals surface area contributed by atoms with Crippen LogP contribution in [0.1, 0.15) is 54.4 Å². The number of amides is 2. The highest BCUT2D eigenvalue weighted by molar-refractivity contribution is 6.22. The van der Waals surface area contributed by atoms with E-state index in [0.29, 0.717) is 24.2 Å². The number of halogens is 3. The summed E-state index contributed by atoms with van der Waals surface area (Å²) in [6.07, 6.45) is -4.65. The fourth-order valence-electron chi connectivity index (χ4n) is 4.58. The summed E-state index contributed by atoms with van der Waals surface area (Å²) >= 11 is 0. The number of benzene rings is 3. The monoisotopic (exact) mass is 595 g/mol. The van der Waals surface area contributed by atoms with Gasteiger partial charge in [-0.15, -0.1) is 0 Å². The molecule has 43 heavy (non-hydrogen) atoms. The first-order chi connectivity index (χ1) is 20.4. The minimum Gasteiger partial charge on any atom is -0.449 e. The fourth-order valence-corrected chi connectivity index (χ4v) is 4.58. The van der Waals surface area contributed by atoms with Gasteiger partial charge in [0.1, 0.15) is 17.1 Å². The van der Waals surface area contributed by atoms with Gasteiger partial charge >= 0.3 is 12.1 Å². The number of nitrogens with zero attached hydrogens (tertiary/aromatic N) is 1. The molecular formula is C31H24F3NO8. The van der Waals surface area contributed by atoms with Crippen LogP contribution in [0.15, 0.2) is 63.8 Å². The second kappa shape index (κ2) is 11.4. The number of ether oxygens (including phenoxy) is 3. The first-order valence-corrected chi connectivity index (χ1v) is 13.0. The van der Waals surface area contributed by atoms with Crippen LogP contribution in [0.2, 0.25) is 0 Å². The van der Waals surface area contributed by atoms with E-state index in [-0.39, 0.29) is 40.1 Å². The average Bonchev–Trinajstić information content (AvgIpc) is 3.20. The Labute approximate surface area is 242 Å². The van der Waals surface area contributed by atoms with Crippen molar-refractivity contribution in [3.63, 3.8) is 0 Å². The highest BCUT2D eigenvalue weighted by atomic mass is 19.4. The van der Waals surface area contributed by atoms with Crippen molar-refractivity contribution in [2.45, 2.75) is 26.4 Å². The predicted molar refractivity (Wildman–Crippen MR) is 147 cm³/mol. The van der Waals surface area contributed by atoms with E-state index in [0.717, 1.165) is 17.0 Å². The Kier molecular flexibility index (Phi) is 7.80. The highest BCUT2D eigenvalue weighted by Gasteiger charge is 2.41. The molecule has 0 unspecified atom stereocenters. The van der Waals surface area contributed by atoms with E-state index in [9.17, 15) is 32.3 Å². The van der Waals surface area contributed by atoms with Crippen molar-refractivity contribution < 1.29 is 46.2 Å². The molecule has 1 aliphatic heterocycles. The van der Waals surface area contributed by atoms with Gasteiger partial charge in [0.15, 0.2) is 0 Å². The van der Waals surface area contributed by atoms with Crippen molar-refractivity contribution in [3.8, 4) is 17.2 Å². The number of alkyl halides is 3. The molecule has 0 saturated heterocycles. The van der Waals surface area contributed by atoms with Crippen molar-refractivity contribution in [1.82, 2.24) is 4.90 Å². The van der Waals surface area contributed by atoms with Gasteiger partial charge in [0.2, 0.25) is 11.2 Å². The quantitative estimate of drug-likeness (QED) is 0.104. The third kappa shape index (κ3) is 5.73. The van der Waals surface area contributed by atoms with Gasteiger partial charge in [0.25, 0.3) is 17.6 Å². The zero-order valence-electron chi connectivity index (χ0n) is 23.2. The van der Waals surface area contributed by atoms with E-state index in [1.165, 1.54) is 37.4 Å². The number of fused-ring (bicyclic) bond motifs is 2. The lowest BCUT2D eigenvalue weighted by Crippen LogP contribution is -2.31. The van der Waals surface area contributed by atoms with Crippen LogP contribution in [-0.4, -0.2) is 42.9 Å². The van der Waals surface area contributed by atoms with E-state index in [1.807, 2.05) is 0 Å². The van der Waals surface area contributed by atoms with Crippen LogP contribution < -0.4 is 14.9 Å². The number of hydrogen-bond donors (Lipinski definition) is 0. The number of carbonyl (C=O) groups is 3. The molecule has 2 amide bonds. The average molecular weight is 596 g/mol. The molecule has 9 nitrogen and oxygen atoms in total. The molecule has 1 aromatic heterocycles. The van der Waals surface area contributed by atoms with Crippen molar-refractivity contribution >= 4 is 28.8 Å². The third-order valence-corrected chi connectivity index (χ3v) is 6.78. The summed E-state index contributed by atoms with van der Waals surface area (Å²) in [6, 6.07) is 12.1. The minimum absolute atomic E-state index is 0.0209. The molecule has 4 aromatic rings. The number of methoxy groups -OCH3 is 1. The maximum absolute atomic E-state index is 14.0. The Morgan fingerprint density at radius 3 is 2.40 bits per heavy atom. The summed E-state index contributed by atoms with van der Waals surface area (Å²) in [5.41, 5.74) is -0.256. The smallest absolute Gasteiger partial charge is 0.449 e. The Hall–Kier alpha value is -4.97. The van der Waals surface area contributed by atoms with Crippen LogP contribution in [0.25, 0.3) is 11.0 Å². The largest absolute Gasteiger partial charge is 0.453 e. The van der Waals surface area contributed by atoms with Gasteiger partial charge in [-0.05, 0) is 67.8 Å². The van der Waals surface area contributed by atoms with Crippen LogP contribution >= 0.6 is 0 Å². The second-order valence-electron chi connectivity index (χ2n) is 9.87. The normalized spacial score (nSPS) is 13.0. The minimum atomic E-state index is -5.08. The van der Waals surface area contributed by atoms with Crippen molar-refractivity contribution in [2.24, 2.45) is 0 Å². The van der Waals surface area contributed by atoms with Crippen LogP contribution in [-0.2, 0) is 10.9 Å². The molecule has 2 heterocycles. The predicted octanol–water partition coefficient (Wildman–Crippen LogP) is 6.07. The molecule has 0 aliphatic carbocycles. The molecule has 5 rings (SSSR count). The van der Waals surface area contributed by atoms with Gasteiger partial charge in [-0.3, -0.25) is 19.3 Å². The Morgan fingerprint density at radius 1 is 0.930 bits per heavy atom. The van der Waals surface area contributed by atoms with Gasteiger partial charge in [-0.2, -0.15) is 13.2 Å². The zero-order valence-corrected chi connectivity index (χ0v) is 23.2. The number of rotatable bonds is 8. The fraction of sp³-hybridized carbons (Fsp3) is 0.226. The third-order valence-electron chi connectivity index (χ3n) is 6.78. The number of imide groups is 1. The van der Waals surface area contributed by atoms with Crippen LogP contribution in [0.4, 0.5) is 13.2 Å². The lowest BCUT2D eigenvalue weighted by Gasteiger charge is -2.15. The van der Waals surface area contributed by atoms with Gasteiger partial charge in [-0.1, -0.05) is 12.1 Å². The van der Waals surface area contributed by atoms with Crippen LogP contribution in [0.3, 0.4) is 0 Å².